The molecule has 0 aliphatic carbocycles. The van der Waals surface area contributed by atoms with Crippen LogP contribution in [0.3, 0.4) is 0 Å². The van der Waals surface area contributed by atoms with E-state index in [1.165, 1.54) is 30.4 Å². The van der Waals surface area contributed by atoms with Crippen molar-refractivity contribution >= 4 is 33.5 Å². The van der Waals surface area contributed by atoms with Gasteiger partial charge in [-0.25, -0.2) is 4.98 Å². The SMILES string of the molecule is CC(=O)Nc1nc(-c2ccc(S(=O)[O-])cc2)cs1.[Na+]. The average Bonchev–Trinajstić information content (AvgIpc) is 2.76. The summed E-state index contributed by atoms with van der Waals surface area (Å²) in [6, 6.07) is 6.38. The van der Waals surface area contributed by atoms with E-state index in [0.717, 1.165) is 5.56 Å². The van der Waals surface area contributed by atoms with Crippen LogP contribution in [-0.2, 0) is 15.9 Å². The molecular formula is C11H9N2NaO3S2. The van der Waals surface area contributed by atoms with Gasteiger partial charge in [0.1, 0.15) is 0 Å². The van der Waals surface area contributed by atoms with Crippen molar-refractivity contribution in [3.8, 4) is 11.3 Å². The first-order valence-corrected chi connectivity index (χ1v) is 6.94. The molecule has 1 aromatic carbocycles. The number of benzene rings is 1. The van der Waals surface area contributed by atoms with E-state index in [2.05, 4.69) is 10.3 Å². The molecule has 0 aliphatic heterocycles. The molecule has 1 aromatic heterocycles. The van der Waals surface area contributed by atoms with Crippen molar-refractivity contribution in [2.24, 2.45) is 0 Å². The Morgan fingerprint density at radius 3 is 2.53 bits per heavy atom. The van der Waals surface area contributed by atoms with Gasteiger partial charge in [0.15, 0.2) is 5.13 Å². The smallest absolute Gasteiger partial charge is 0.768 e. The summed E-state index contributed by atoms with van der Waals surface area (Å²) in [6.07, 6.45) is 0. The summed E-state index contributed by atoms with van der Waals surface area (Å²) >= 11 is -0.903. The molecule has 8 heteroatoms. The molecule has 0 radical (unpaired) electrons. The van der Waals surface area contributed by atoms with E-state index < -0.39 is 11.1 Å². The van der Waals surface area contributed by atoms with Gasteiger partial charge in [0, 0.05) is 22.8 Å². The van der Waals surface area contributed by atoms with Gasteiger partial charge in [-0.15, -0.1) is 11.3 Å². The van der Waals surface area contributed by atoms with Crippen LogP contribution in [0.1, 0.15) is 6.92 Å². The Hall–Kier alpha value is -0.570. The second kappa shape index (κ2) is 7.28. The largest absolute Gasteiger partial charge is 1.00 e. The maximum Gasteiger partial charge on any atom is 1.00 e. The zero-order valence-corrected chi connectivity index (χ0v) is 14.0. The van der Waals surface area contributed by atoms with Crippen LogP contribution in [0, 0.1) is 0 Å². The summed E-state index contributed by atoms with van der Waals surface area (Å²) in [7, 11) is 0. The van der Waals surface area contributed by atoms with Crippen LogP contribution in [0.5, 0.6) is 0 Å². The molecule has 2 aromatic rings. The number of hydrogen-bond acceptors (Lipinski definition) is 5. The fraction of sp³-hybridized carbons (Fsp3) is 0.0909. The number of aromatic nitrogens is 1. The number of rotatable bonds is 3. The molecule has 5 nitrogen and oxygen atoms in total. The third kappa shape index (κ3) is 4.48. The Labute approximate surface area is 139 Å². The first-order chi connectivity index (χ1) is 8.56. The predicted molar refractivity (Wildman–Crippen MR) is 69.0 cm³/mol. The molecule has 0 saturated heterocycles. The van der Waals surface area contributed by atoms with Crippen LogP contribution in [0.4, 0.5) is 5.13 Å². The zero-order chi connectivity index (χ0) is 13.1. The third-order valence-corrected chi connectivity index (χ3v) is 3.54. The number of amides is 1. The van der Waals surface area contributed by atoms with Gasteiger partial charge < -0.3 is 9.87 Å². The summed E-state index contributed by atoms with van der Waals surface area (Å²) in [6.45, 7) is 1.42. The number of carbonyl (C=O) groups is 1. The second-order valence-electron chi connectivity index (χ2n) is 3.48. The summed E-state index contributed by atoms with van der Waals surface area (Å²) in [5, 5.41) is 4.92. The van der Waals surface area contributed by atoms with Crippen molar-refractivity contribution in [3.63, 3.8) is 0 Å². The number of carbonyl (C=O) groups excluding carboxylic acids is 1. The minimum absolute atomic E-state index is 0. The van der Waals surface area contributed by atoms with Gasteiger partial charge in [-0.05, 0) is 23.2 Å². The predicted octanol–water partition coefficient (Wildman–Crippen LogP) is -0.990. The monoisotopic (exact) mass is 304 g/mol. The number of thiazole rings is 1. The molecule has 1 amide bonds. The van der Waals surface area contributed by atoms with Crippen molar-refractivity contribution in [3.05, 3.63) is 29.6 Å². The maximum absolute atomic E-state index is 10.9. The van der Waals surface area contributed by atoms with E-state index in [1.54, 1.807) is 17.5 Å². The van der Waals surface area contributed by atoms with Crippen LogP contribution in [0.15, 0.2) is 34.5 Å². The molecule has 0 aliphatic rings. The molecule has 1 atom stereocenters. The molecule has 0 spiro atoms. The number of anilines is 1. The quantitative estimate of drug-likeness (QED) is 0.583. The Bertz CT molecular complexity index is 598. The van der Waals surface area contributed by atoms with Crippen LogP contribution in [-0.4, -0.2) is 19.7 Å². The second-order valence-corrected chi connectivity index (χ2v) is 5.28. The van der Waals surface area contributed by atoms with E-state index in [4.69, 9.17) is 0 Å². The van der Waals surface area contributed by atoms with Gasteiger partial charge in [-0.3, -0.25) is 9.00 Å². The molecular weight excluding hydrogens is 295 g/mol. The zero-order valence-electron chi connectivity index (χ0n) is 10.4. The van der Waals surface area contributed by atoms with Crippen molar-refractivity contribution in [1.29, 1.82) is 0 Å². The van der Waals surface area contributed by atoms with Crippen LogP contribution in [0.2, 0.25) is 0 Å². The standard InChI is InChI=1S/C11H10N2O3S2.Na/c1-7(14)12-11-13-10(6-17-11)8-2-4-9(5-3-8)18(15)16;/h2-6H,1H3,(H,15,16)(H,12,13,14);/q;+1/p-1. The van der Waals surface area contributed by atoms with Gasteiger partial charge >= 0.3 is 29.6 Å². The normalized spacial score (nSPS) is 11.5. The van der Waals surface area contributed by atoms with Crippen LogP contribution in [0.25, 0.3) is 11.3 Å². The summed E-state index contributed by atoms with van der Waals surface area (Å²) < 4.78 is 21.4. The molecule has 2 rings (SSSR count). The number of nitrogens with one attached hydrogen (secondary N) is 1. The van der Waals surface area contributed by atoms with E-state index >= 15 is 0 Å². The topological polar surface area (TPSA) is 82.1 Å². The van der Waals surface area contributed by atoms with E-state index in [9.17, 15) is 13.6 Å². The molecule has 1 heterocycles. The van der Waals surface area contributed by atoms with E-state index in [-0.39, 0.29) is 40.4 Å². The Balaban J connectivity index is 0.00000180. The van der Waals surface area contributed by atoms with Gasteiger partial charge in [0.25, 0.3) is 0 Å². The fourth-order valence-electron chi connectivity index (χ4n) is 1.35. The van der Waals surface area contributed by atoms with Gasteiger partial charge in [0.2, 0.25) is 5.91 Å². The summed E-state index contributed by atoms with van der Waals surface area (Å²) in [4.78, 5) is 15.3. The first-order valence-electron chi connectivity index (χ1n) is 4.99. The fourth-order valence-corrected chi connectivity index (χ4v) is 2.48. The Morgan fingerprint density at radius 1 is 1.37 bits per heavy atom. The minimum Gasteiger partial charge on any atom is -0.768 e. The molecule has 0 fully saturated rings. The average molecular weight is 304 g/mol. The van der Waals surface area contributed by atoms with Crippen molar-refractivity contribution in [2.45, 2.75) is 11.8 Å². The summed E-state index contributed by atoms with van der Waals surface area (Å²) in [5.41, 5.74) is 1.50. The molecule has 0 saturated carbocycles. The molecule has 94 valence electrons. The van der Waals surface area contributed by atoms with E-state index in [1.807, 2.05) is 0 Å². The number of hydrogen-bond donors (Lipinski definition) is 1. The molecule has 0 bridgehead atoms. The first kappa shape index (κ1) is 16.5. The Kier molecular flexibility index (Phi) is 6.31. The minimum atomic E-state index is -2.22. The van der Waals surface area contributed by atoms with Crippen LogP contribution < -0.4 is 34.9 Å². The summed E-state index contributed by atoms with van der Waals surface area (Å²) in [5.74, 6) is -0.173. The van der Waals surface area contributed by atoms with Crippen molar-refractivity contribution in [1.82, 2.24) is 4.98 Å². The van der Waals surface area contributed by atoms with Gasteiger partial charge in [0.05, 0.1) is 5.69 Å². The van der Waals surface area contributed by atoms with Crippen molar-refractivity contribution in [2.75, 3.05) is 5.32 Å². The Morgan fingerprint density at radius 2 is 2.00 bits per heavy atom. The molecule has 1 N–H and O–H groups in total. The van der Waals surface area contributed by atoms with Gasteiger partial charge in [-0.1, -0.05) is 12.1 Å². The van der Waals surface area contributed by atoms with Crippen molar-refractivity contribution < 1.29 is 43.1 Å². The number of nitrogens with zero attached hydrogens (tertiary/aromatic N) is 1. The third-order valence-electron chi connectivity index (χ3n) is 2.13. The van der Waals surface area contributed by atoms with E-state index in [0.29, 0.717) is 10.8 Å². The van der Waals surface area contributed by atoms with Gasteiger partial charge in [-0.2, -0.15) is 0 Å². The molecule has 1 unspecified atom stereocenters. The molecule has 19 heavy (non-hydrogen) atoms. The van der Waals surface area contributed by atoms with Crippen LogP contribution >= 0.6 is 11.3 Å². The maximum atomic E-state index is 10.9.